The summed E-state index contributed by atoms with van der Waals surface area (Å²) in [5, 5.41) is 0. The van der Waals surface area contributed by atoms with Gasteiger partial charge in [0.2, 0.25) is 6.79 Å². The summed E-state index contributed by atoms with van der Waals surface area (Å²) in [6.45, 7) is 3.19. The highest BCUT2D eigenvalue weighted by Gasteiger charge is 2.39. The van der Waals surface area contributed by atoms with E-state index in [-0.39, 0.29) is 12.6 Å². The van der Waals surface area contributed by atoms with Gasteiger partial charge in [0.05, 0.1) is 5.41 Å². The van der Waals surface area contributed by atoms with Crippen molar-refractivity contribution in [2.24, 2.45) is 0 Å². The molecule has 1 saturated heterocycles. The molecule has 0 spiro atoms. The van der Waals surface area contributed by atoms with Crippen LogP contribution in [0.4, 0.5) is 0 Å². The average molecular weight is 248 g/mol. The number of carbonyl (C=O) groups excluding carboxylic acids is 1. The normalized spacial score (nSPS) is 20.7. The zero-order valence-corrected chi connectivity index (χ0v) is 10.4. The van der Waals surface area contributed by atoms with Gasteiger partial charge in [0, 0.05) is 13.2 Å². The molecule has 4 heteroatoms. The van der Waals surface area contributed by atoms with Crippen molar-refractivity contribution in [2.45, 2.75) is 25.2 Å². The van der Waals surface area contributed by atoms with E-state index in [0.717, 1.165) is 29.9 Å². The van der Waals surface area contributed by atoms with Crippen LogP contribution < -0.4 is 9.47 Å². The Hall–Kier alpha value is -1.55. The van der Waals surface area contributed by atoms with Gasteiger partial charge in [0.25, 0.3) is 0 Å². The molecular weight excluding hydrogens is 232 g/mol. The molecule has 0 radical (unpaired) electrons. The van der Waals surface area contributed by atoms with Gasteiger partial charge < -0.3 is 14.2 Å². The number of rotatable bonds is 2. The quantitative estimate of drug-likeness (QED) is 0.803. The third-order valence-corrected chi connectivity index (χ3v) is 3.95. The molecule has 0 saturated carbocycles. The number of ether oxygens (including phenoxy) is 3. The summed E-state index contributed by atoms with van der Waals surface area (Å²) in [7, 11) is 0. The molecule has 2 aliphatic rings. The number of ketones is 1. The molecule has 0 atom stereocenters. The lowest BCUT2D eigenvalue weighted by molar-refractivity contribution is -0.126. The fourth-order valence-electron chi connectivity index (χ4n) is 2.76. The van der Waals surface area contributed by atoms with Crippen molar-refractivity contribution in [3.8, 4) is 11.5 Å². The molecule has 4 nitrogen and oxygen atoms in total. The van der Waals surface area contributed by atoms with Crippen LogP contribution in [-0.4, -0.2) is 25.8 Å². The molecule has 18 heavy (non-hydrogen) atoms. The van der Waals surface area contributed by atoms with E-state index in [1.54, 1.807) is 6.92 Å². The molecule has 96 valence electrons. The average Bonchev–Trinajstić information content (AvgIpc) is 2.86. The number of carbonyl (C=O) groups is 1. The molecule has 1 fully saturated rings. The fraction of sp³-hybridized carbons (Fsp3) is 0.500. The number of hydrogen-bond acceptors (Lipinski definition) is 4. The van der Waals surface area contributed by atoms with Crippen LogP contribution in [0.15, 0.2) is 18.2 Å². The Labute approximate surface area is 106 Å². The number of fused-ring (bicyclic) bond motifs is 1. The van der Waals surface area contributed by atoms with Gasteiger partial charge in [-0.15, -0.1) is 0 Å². The zero-order valence-electron chi connectivity index (χ0n) is 10.4. The van der Waals surface area contributed by atoms with E-state index in [1.807, 2.05) is 18.2 Å². The molecule has 2 heterocycles. The summed E-state index contributed by atoms with van der Waals surface area (Å²) in [5.41, 5.74) is 0.599. The largest absolute Gasteiger partial charge is 0.454 e. The first-order chi connectivity index (χ1) is 8.72. The molecule has 0 unspecified atom stereocenters. The van der Waals surface area contributed by atoms with Crippen LogP contribution in [0.3, 0.4) is 0 Å². The minimum Gasteiger partial charge on any atom is -0.454 e. The summed E-state index contributed by atoms with van der Waals surface area (Å²) in [6, 6.07) is 5.80. The second-order valence-electron chi connectivity index (χ2n) is 4.82. The van der Waals surface area contributed by atoms with Gasteiger partial charge in [-0.2, -0.15) is 0 Å². The Morgan fingerprint density at radius 1 is 1.17 bits per heavy atom. The molecule has 0 aromatic heterocycles. The van der Waals surface area contributed by atoms with Crippen molar-refractivity contribution in [2.75, 3.05) is 20.0 Å². The lowest BCUT2D eigenvalue weighted by Gasteiger charge is -2.35. The van der Waals surface area contributed by atoms with E-state index < -0.39 is 5.41 Å². The lowest BCUT2D eigenvalue weighted by atomic mass is 9.71. The highest BCUT2D eigenvalue weighted by molar-refractivity contribution is 5.88. The monoisotopic (exact) mass is 248 g/mol. The van der Waals surface area contributed by atoms with Gasteiger partial charge in [0.15, 0.2) is 11.5 Å². The predicted molar refractivity (Wildman–Crippen MR) is 65.0 cm³/mol. The Balaban J connectivity index is 2.02. The Kier molecular flexibility index (Phi) is 2.74. The van der Waals surface area contributed by atoms with E-state index >= 15 is 0 Å². The van der Waals surface area contributed by atoms with Gasteiger partial charge in [-0.05, 0) is 37.5 Å². The van der Waals surface area contributed by atoms with Crippen molar-refractivity contribution in [1.29, 1.82) is 0 Å². The maximum Gasteiger partial charge on any atom is 0.231 e. The van der Waals surface area contributed by atoms with Crippen molar-refractivity contribution >= 4 is 5.78 Å². The van der Waals surface area contributed by atoms with Gasteiger partial charge >= 0.3 is 0 Å². The summed E-state index contributed by atoms with van der Waals surface area (Å²) < 4.78 is 16.1. The molecule has 0 aliphatic carbocycles. The van der Waals surface area contributed by atoms with E-state index in [4.69, 9.17) is 14.2 Å². The van der Waals surface area contributed by atoms with Gasteiger partial charge in [-0.25, -0.2) is 0 Å². The molecule has 1 aromatic carbocycles. The highest BCUT2D eigenvalue weighted by atomic mass is 16.7. The molecule has 1 aromatic rings. The van der Waals surface area contributed by atoms with E-state index in [9.17, 15) is 4.79 Å². The van der Waals surface area contributed by atoms with Gasteiger partial charge in [-0.1, -0.05) is 6.07 Å². The SMILES string of the molecule is CC(=O)C1(c2ccc3c(c2)OCO3)CCOCC1. The molecule has 0 amide bonds. The number of hydrogen-bond donors (Lipinski definition) is 0. The molecule has 0 N–H and O–H groups in total. The fourth-order valence-corrected chi connectivity index (χ4v) is 2.76. The summed E-state index contributed by atoms with van der Waals surface area (Å²) in [4.78, 5) is 12.1. The smallest absolute Gasteiger partial charge is 0.231 e. The number of Topliss-reactive ketones (excluding diaryl/α,β-unsaturated/α-hetero) is 1. The van der Waals surface area contributed by atoms with Crippen LogP contribution in [0.2, 0.25) is 0 Å². The van der Waals surface area contributed by atoms with Gasteiger partial charge in [0.1, 0.15) is 5.78 Å². The first-order valence-corrected chi connectivity index (χ1v) is 6.21. The Morgan fingerprint density at radius 3 is 2.61 bits per heavy atom. The van der Waals surface area contributed by atoms with Crippen molar-refractivity contribution in [3.05, 3.63) is 23.8 Å². The van der Waals surface area contributed by atoms with Crippen molar-refractivity contribution < 1.29 is 19.0 Å². The maximum absolute atomic E-state index is 12.1. The molecular formula is C14H16O4. The first kappa shape index (κ1) is 11.5. The van der Waals surface area contributed by atoms with Crippen LogP contribution >= 0.6 is 0 Å². The summed E-state index contributed by atoms with van der Waals surface area (Å²) >= 11 is 0. The second kappa shape index (κ2) is 4.28. The second-order valence-corrected chi connectivity index (χ2v) is 4.82. The standard InChI is InChI=1S/C14H16O4/c1-10(15)14(4-6-16-7-5-14)11-2-3-12-13(8-11)18-9-17-12/h2-3,8H,4-7,9H2,1H3. The summed E-state index contributed by atoms with van der Waals surface area (Å²) in [6.07, 6.45) is 1.48. The van der Waals surface area contributed by atoms with Crippen molar-refractivity contribution in [3.63, 3.8) is 0 Å². The topological polar surface area (TPSA) is 44.8 Å². The minimum atomic E-state index is -0.417. The molecule has 3 rings (SSSR count). The van der Waals surface area contributed by atoms with Crippen molar-refractivity contribution in [1.82, 2.24) is 0 Å². The molecule has 0 bridgehead atoms. The first-order valence-electron chi connectivity index (χ1n) is 6.21. The number of benzene rings is 1. The summed E-state index contributed by atoms with van der Waals surface area (Å²) in [5.74, 6) is 1.69. The lowest BCUT2D eigenvalue weighted by Crippen LogP contribution is -2.40. The maximum atomic E-state index is 12.1. The Bertz CT molecular complexity index is 475. The highest BCUT2D eigenvalue weighted by Crippen LogP contribution is 2.41. The third-order valence-electron chi connectivity index (χ3n) is 3.95. The van der Waals surface area contributed by atoms with Crippen LogP contribution in [0.1, 0.15) is 25.3 Å². The van der Waals surface area contributed by atoms with E-state index in [0.29, 0.717) is 13.2 Å². The predicted octanol–water partition coefficient (Wildman–Crippen LogP) is 2.05. The zero-order chi connectivity index (χ0) is 12.6. The van der Waals surface area contributed by atoms with Crippen LogP contribution in [0, 0.1) is 0 Å². The third kappa shape index (κ3) is 1.68. The minimum absolute atomic E-state index is 0.199. The van der Waals surface area contributed by atoms with E-state index in [1.165, 1.54) is 0 Å². The van der Waals surface area contributed by atoms with Crippen LogP contribution in [0.5, 0.6) is 11.5 Å². The van der Waals surface area contributed by atoms with Crippen LogP contribution in [-0.2, 0) is 14.9 Å². The Morgan fingerprint density at radius 2 is 1.89 bits per heavy atom. The van der Waals surface area contributed by atoms with E-state index in [2.05, 4.69) is 0 Å². The van der Waals surface area contributed by atoms with Gasteiger partial charge in [-0.3, -0.25) is 4.79 Å². The van der Waals surface area contributed by atoms with Crippen LogP contribution in [0.25, 0.3) is 0 Å². The molecule has 2 aliphatic heterocycles.